The fourth-order valence-electron chi connectivity index (χ4n) is 1.71. The first kappa shape index (κ1) is 16.1. The highest BCUT2D eigenvalue weighted by atomic mass is 35.5. The highest BCUT2D eigenvalue weighted by molar-refractivity contribution is 6.42. The summed E-state index contributed by atoms with van der Waals surface area (Å²) in [6, 6.07) is 9.78. The quantitative estimate of drug-likeness (QED) is 0.851. The third kappa shape index (κ3) is 5.20. The molecule has 0 saturated heterocycles. The molecule has 0 bridgehead atoms. The number of benzene rings is 1. The summed E-state index contributed by atoms with van der Waals surface area (Å²) in [6.45, 7) is 5.40. The van der Waals surface area contributed by atoms with Crippen molar-refractivity contribution in [2.24, 2.45) is 0 Å². The number of pyridine rings is 1. The molecule has 0 fully saturated rings. The third-order valence-electron chi connectivity index (χ3n) is 2.88. The van der Waals surface area contributed by atoms with Crippen molar-refractivity contribution in [2.75, 3.05) is 0 Å². The molecule has 0 radical (unpaired) electrons. The van der Waals surface area contributed by atoms with Crippen LogP contribution < -0.4 is 10.1 Å². The Kier molecular flexibility index (Phi) is 5.85. The molecular weight excluding hydrogens is 307 g/mol. The Morgan fingerprint density at radius 2 is 1.95 bits per heavy atom. The molecule has 0 unspecified atom stereocenters. The molecule has 0 amide bonds. The number of ether oxygens (including phenoxy) is 1. The standard InChI is InChI=1S/C16H18Cl2N2O/c1-11(2)19-8-13-4-5-14(9-20-13)21-10-12-3-6-15(17)16(18)7-12/h3-7,9,11,19H,8,10H2,1-2H3. The van der Waals surface area contributed by atoms with Crippen LogP contribution in [-0.2, 0) is 13.2 Å². The average molecular weight is 325 g/mol. The van der Waals surface area contributed by atoms with Crippen molar-refractivity contribution in [3.05, 3.63) is 57.8 Å². The van der Waals surface area contributed by atoms with Gasteiger partial charge in [-0.3, -0.25) is 4.98 Å². The highest BCUT2D eigenvalue weighted by Crippen LogP contribution is 2.23. The smallest absolute Gasteiger partial charge is 0.138 e. The van der Waals surface area contributed by atoms with Gasteiger partial charge in [-0.25, -0.2) is 0 Å². The predicted molar refractivity (Wildman–Crippen MR) is 87.0 cm³/mol. The van der Waals surface area contributed by atoms with Crippen LogP contribution in [0.3, 0.4) is 0 Å². The topological polar surface area (TPSA) is 34.1 Å². The number of nitrogens with one attached hydrogen (secondary N) is 1. The van der Waals surface area contributed by atoms with Crippen molar-refractivity contribution in [3.8, 4) is 5.75 Å². The monoisotopic (exact) mass is 324 g/mol. The lowest BCUT2D eigenvalue weighted by atomic mass is 10.2. The molecular formula is C16H18Cl2N2O. The van der Waals surface area contributed by atoms with Crippen molar-refractivity contribution in [2.45, 2.75) is 33.0 Å². The van der Waals surface area contributed by atoms with Crippen LogP contribution in [0.2, 0.25) is 10.0 Å². The summed E-state index contributed by atoms with van der Waals surface area (Å²) in [5.41, 5.74) is 1.96. The maximum absolute atomic E-state index is 5.97. The Morgan fingerprint density at radius 1 is 1.14 bits per heavy atom. The van der Waals surface area contributed by atoms with Crippen LogP contribution in [0.4, 0.5) is 0 Å². The van der Waals surface area contributed by atoms with Gasteiger partial charge in [0, 0.05) is 12.6 Å². The van der Waals surface area contributed by atoms with Gasteiger partial charge in [-0.1, -0.05) is 43.1 Å². The summed E-state index contributed by atoms with van der Waals surface area (Å²) >= 11 is 11.8. The van der Waals surface area contributed by atoms with Gasteiger partial charge in [0.25, 0.3) is 0 Å². The molecule has 21 heavy (non-hydrogen) atoms. The third-order valence-corrected chi connectivity index (χ3v) is 3.62. The number of hydrogen-bond acceptors (Lipinski definition) is 3. The van der Waals surface area contributed by atoms with Crippen molar-refractivity contribution in [3.63, 3.8) is 0 Å². The van der Waals surface area contributed by atoms with Crippen molar-refractivity contribution >= 4 is 23.2 Å². The van der Waals surface area contributed by atoms with E-state index in [0.29, 0.717) is 22.7 Å². The number of hydrogen-bond donors (Lipinski definition) is 1. The van der Waals surface area contributed by atoms with Gasteiger partial charge >= 0.3 is 0 Å². The average Bonchev–Trinajstić information content (AvgIpc) is 2.47. The van der Waals surface area contributed by atoms with Gasteiger partial charge in [-0.15, -0.1) is 0 Å². The predicted octanol–water partition coefficient (Wildman–Crippen LogP) is 4.47. The minimum atomic E-state index is 0.433. The van der Waals surface area contributed by atoms with Gasteiger partial charge < -0.3 is 10.1 Å². The lowest BCUT2D eigenvalue weighted by Gasteiger charge is -2.09. The van der Waals surface area contributed by atoms with E-state index in [1.165, 1.54) is 0 Å². The van der Waals surface area contributed by atoms with Gasteiger partial charge in [0.05, 0.1) is 21.9 Å². The van der Waals surface area contributed by atoms with Gasteiger partial charge in [-0.05, 0) is 29.8 Å². The van der Waals surface area contributed by atoms with E-state index in [1.807, 2.05) is 18.2 Å². The SMILES string of the molecule is CC(C)NCc1ccc(OCc2ccc(Cl)c(Cl)c2)cn1. The largest absolute Gasteiger partial charge is 0.487 e. The van der Waals surface area contributed by atoms with Crippen LogP contribution >= 0.6 is 23.2 Å². The van der Waals surface area contributed by atoms with E-state index in [9.17, 15) is 0 Å². The van der Waals surface area contributed by atoms with Crippen LogP contribution in [0.15, 0.2) is 36.5 Å². The summed E-state index contributed by atoms with van der Waals surface area (Å²) in [6.07, 6.45) is 1.73. The van der Waals surface area contributed by atoms with E-state index in [1.54, 1.807) is 18.3 Å². The zero-order chi connectivity index (χ0) is 15.2. The van der Waals surface area contributed by atoms with Crippen LogP contribution in [-0.4, -0.2) is 11.0 Å². The first-order valence-corrected chi connectivity index (χ1v) is 7.55. The second-order valence-electron chi connectivity index (χ2n) is 5.06. The lowest BCUT2D eigenvalue weighted by molar-refractivity contribution is 0.304. The summed E-state index contributed by atoms with van der Waals surface area (Å²) in [5, 5.41) is 4.40. The molecule has 0 aliphatic heterocycles. The molecule has 2 aromatic rings. The van der Waals surface area contributed by atoms with E-state index in [0.717, 1.165) is 23.6 Å². The first-order chi connectivity index (χ1) is 10.0. The van der Waals surface area contributed by atoms with Gasteiger partial charge in [-0.2, -0.15) is 0 Å². The Hall–Kier alpha value is -1.29. The van der Waals surface area contributed by atoms with Crippen molar-refractivity contribution < 1.29 is 4.74 Å². The molecule has 1 aromatic carbocycles. The van der Waals surface area contributed by atoms with Crippen LogP contribution in [0.25, 0.3) is 0 Å². The van der Waals surface area contributed by atoms with Crippen LogP contribution in [0.5, 0.6) is 5.75 Å². The van der Waals surface area contributed by atoms with Gasteiger partial charge in [0.2, 0.25) is 0 Å². The van der Waals surface area contributed by atoms with E-state index in [2.05, 4.69) is 24.1 Å². The maximum Gasteiger partial charge on any atom is 0.138 e. The Labute approximate surface area is 135 Å². The molecule has 1 heterocycles. The molecule has 2 rings (SSSR count). The first-order valence-electron chi connectivity index (χ1n) is 6.79. The minimum Gasteiger partial charge on any atom is -0.487 e. The van der Waals surface area contributed by atoms with Crippen LogP contribution in [0, 0.1) is 0 Å². The molecule has 112 valence electrons. The molecule has 0 spiro atoms. The Bertz CT molecular complexity index is 585. The minimum absolute atomic E-state index is 0.433. The molecule has 1 N–H and O–H groups in total. The molecule has 5 heteroatoms. The number of aromatic nitrogens is 1. The van der Waals surface area contributed by atoms with E-state index in [4.69, 9.17) is 27.9 Å². The fourth-order valence-corrected chi connectivity index (χ4v) is 2.03. The summed E-state index contributed by atoms with van der Waals surface area (Å²) in [5.74, 6) is 0.731. The van der Waals surface area contributed by atoms with Gasteiger partial charge in [0.1, 0.15) is 12.4 Å². The van der Waals surface area contributed by atoms with Crippen LogP contribution in [0.1, 0.15) is 25.1 Å². The van der Waals surface area contributed by atoms with Crippen molar-refractivity contribution in [1.29, 1.82) is 0 Å². The molecule has 0 saturated carbocycles. The summed E-state index contributed by atoms with van der Waals surface area (Å²) in [7, 11) is 0. The molecule has 3 nitrogen and oxygen atoms in total. The fraction of sp³-hybridized carbons (Fsp3) is 0.312. The normalized spacial score (nSPS) is 10.9. The zero-order valence-corrected chi connectivity index (χ0v) is 13.6. The van der Waals surface area contributed by atoms with Gasteiger partial charge in [0.15, 0.2) is 0 Å². The zero-order valence-electron chi connectivity index (χ0n) is 12.1. The second-order valence-corrected chi connectivity index (χ2v) is 5.87. The number of rotatable bonds is 6. The highest BCUT2D eigenvalue weighted by Gasteiger charge is 2.02. The lowest BCUT2D eigenvalue weighted by Crippen LogP contribution is -2.22. The van der Waals surface area contributed by atoms with Crippen molar-refractivity contribution in [1.82, 2.24) is 10.3 Å². The number of halogens is 2. The molecule has 0 atom stereocenters. The number of nitrogens with zero attached hydrogens (tertiary/aromatic N) is 1. The summed E-state index contributed by atoms with van der Waals surface area (Å²) in [4.78, 5) is 4.36. The second kappa shape index (κ2) is 7.64. The van der Waals surface area contributed by atoms with E-state index < -0.39 is 0 Å². The van der Waals surface area contributed by atoms with E-state index >= 15 is 0 Å². The molecule has 0 aliphatic rings. The Balaban J connectivity index is 1.89. The molecule has 1 aromatic heterocycles. The van der Waals surface area contributed by atoms with E-state index in [-0.39, 0.29) is 0 Å². The summed E-state index contributed by atoms with van der Waals surface area (Å²) < 4.78 is 5.68. The maximum atomic E-state index is 5.97. The molecule has 0 aliphatic carbocycles. The Morgan fingerprint density at radius 3 is 2.57 bits per heavy atom.